The highest BCUT2D eigenvalue weighted by Gasteiger charge is 2.17. The van der Waals surface area contributed by atoms with E-state index >= 15 is 0 Å². The Balaban J connectivity index is 0.00000320. The number of hydrogen-bond acceptors (Lipinski definition) is 2. The van der Waals surface area contributed by atoms with Crippen molar-refractivity contribution in [2.24, 2.45) is 0 Å². The Hall–Kier alpha value is -2.72. The van der Waals surface area contributed by atoms with Gasteiger partial charge in [-0.25, -0.2) is 4.57 Å². The van der Waals surface area contributed by atoms with Crippen molar-refractivity contribution in [3.8, 4) is 0 Å². The van der Waals surface area contributed by atoms with Crippen molar-refractivity contribution in [3.05, 3.63) is 104 Å². The predicted octanol–water partition coefficient (Wildman–Crippen LogP) is 2.44. The third-order valence-electron chi connectivity index (χ3n) is 5.42. The lowest BCUT2D eigenvalue weighted by Crippen LogP contribution is -3.00. The fourth-order valence-corrected chi connectivity index (χ4v) is 3.54. The number of rotatable bonds is 5. The number of hydrogen-bond donors (Lipinski definition) is 0. The Labute approximate surface area is 185 Å². The van der Waals surface area contributed by atoms with Crippen LogP contribution in [0.5, 0.6) is 0 Å². The molecule has 0 saturated heterocycles. The molecule has 0 saturated carbocycles. The van der Waals surface area contributed by atoms with Gasteiger partial charge in [-0.1, -0.05) is 45.0 Å². The zero-order valence-corrected chi connectivity index (χ0v) is 19.0. The van der Waals surface area contributed by atoms with Crippen LogP contribution in [0.3, 0.4) is 0 Å². The second-order valence-corrected chi connectivity index (χ2v) is 8.82. The maximum atomic E-state index is 10.8. The van der Waals surface area contributed by atoms with Gasteiger partial charge in [0.25, 0.3) is 5.69 Å². The molecule has 0 amide bonds. The summed E-state index contributed by atoms with van der Waals surface area (Å²) in [5.41, 5.74) is 7.94. The van der Waals surface area contributed by atoms with E-state index in [4.69, 9.17) is 0 Å². The van der Waals surface area contributed by atoms with E-state index in [1.807, 2.05) is 12.1 Å². The number of nitro benzene ring substituents is 1. The van der Waals surface area contributed by atoms with Gasteiger partial charge in [0.05, 0.1) is 4.92 Å². The highest BCUT2D eigenvalue weighted by atomic mass is 35.5. The molecule has 0 aliphatic carbocycles. The number of nitro groups is 1. The maximum absolute atomic E-state index is 10.8. The lowest BCUT2D eigenvalue weighted by Gasteiger charge is -2.21. The SMILES string of the molecule is Cc1cc(C(C)(C)C)cc(C)c1C[n+]1ccc(Cc2ccc([N+](=O)[O-])cc2)cc1.[Cl-]. The summed E-state index contributed by atoms with van der Waals surface area (Å²) < 4.78 is 2.20. The Morgan fingerprint density at radius 2 is 1.40 bits per heavy atom. The Morgan fingerprint density at radius 3 is 1.87 bits per heavy atom. The summed E-state index contributed by atoms with van der Waals surface area (Å²) in [6, 6.07) is 15.6. The van der Waals surface area contributed by atoms with E-state index in [1.54, 1.807) is 12.1 Å². The van der Waals surface area contributed by atoms with Gasteiger partial charge in [-0.3, -0.25) is 10.1 Å². The molecule has 158 valence electrons. The van der Waals surface area contributed by atoms with Crippen LogP contribution in [0.25, 0.3) is 0 Å². The molecular formula is C25H29ClN2O2. The normalized spacial score (nSPS) is 11.1. The molecule has 30 heavy (non-hydrogen) atoms. The van der Waals surface area contributed by atoms with Gasteiger partial charge >= 0.3 is 0 Å². The number of aromatic nitrogens is 1. The first-order valence-corrected chi connectivity index (χ1v) is 9.95. The fourth-order valence-electron chi connectivity index (χ4n) is 3.54. The van der Waals surface area contributed by atoms with Crippen LogP contribution in [0, 0.1) is 24.0 Å². The number of nitrogens with zero attached hydrogens (tertiary/aromatic N) is 2. The second kappa shape index (κ2) is 9.40. The first-order chi connectivity index (χ1) is 13.6. The van der Waals surface area contributed by atoms with Crippen molar-refractivity contribution < 1.29 is 21.9 Å². The van der Waals surface area contributed by atoms with Gasteiger partial charge in [0.15, 0.2) is 18.9 Å². The largest absolute Gasteiger partial charge is 1.00 e. The van der Waals surface area contributed by atoms with E-state index in [0.29, 0.717) is 0 Å². The van der Waals surface area contributed by atoms with Gasteiger partial charge in [0.2, 0.25) is 0 Å². The molecule has 0 radical (unpaired) electrons. The highest BCUT2D eigenvalue weighted by molar-refractivity contribution is 5.40. The smallest absolute Gasteiger partial charge is 0.269 e. The maximum Gasteiger partial charge on any atom is 0.269 e. The van der Waals surface area contributed by atoms with E-state index in [-0.39, 0.29) is 28.4 Å². The molecule has 0 bridgehead atoms. The molecule has 4 nitrogen and oxygen atoms in total. The number of benzene rings is 2. The summed E-state index contributed by atoms with van der Waals surface area (Å²) in [7, 11) is 0. The highest BCUT2D eigenvalue weighted by Crippen LogP contribution is 2.26. The van der Waals surface area contributed by atoms with Crippen molar-refractivity contribution in [2.45, 2.75) is 53.0 Å². The van der Waals surface area contributed by atoms with Crippen molar-refractivity contribution in [2.75, 3.05) is 0 Å². The summed E-state index contributed by atoms with van der Waals surface area (Å²) in [6.45, 7) is 12.0. The van der Waals surface area contributed by atoms with Crippen LogP contribution < -0.4 is 17.0 Å². The van der Waals surface area contributed by atoms with Crippen LogP contribution >= 0.6 is 0 Å². The lowest BCUT2D eigenvalue weighted by atomic mass is 9.84. The minimum atomic E-state index is -0.368. The van der Waals surface area contributed by atoms with E-state index in [2.05, 4.69) is 75.8 Å². The minimum absolute atomic E-state index is 0. The fraction of sp³-hybridized carbons (Fsp3) is 0.320. The topological polar surface area (TPSA) is 47.0 Å². The summed E-state index contributed by atoms with van der Waals surface area (Å²) >= 11 is 0. The molecule has 0 aliphatic rings. The van der Waals surface area contributed by atoms with Crippen LogP contribution in [-0.2, 0) is 18.4 Å². The molecule has 0 atom stereocenters. The Bertz CT molecular complexity index is 998. The van der Waals surface area contributed by atoms with E-state index in [1.165, 1.54) is 27.8 Å². The average molecular weight is 425 g/mol. The van der Waals surface area contributed by atoms with E-state index in [0.717, 1.165) is 18.5 Å². The molecule has 0 N–H and O–H groups in total. The quantitative estimate of drug-likeness (QED) is 0.359. The standard InChI is InChI=1S/C25H29N2O2.ClH/c1-18-14-22(25(3,4)5)15-19(2)24(18)17-26-12-10-21(11-13-26)16-20-6-8-23(9-7-20)27(28)29;/h6-15H,16-17H2,1-5H3;1H/q+1;/p-1. The zero-order valence-electron chi connectivity index (χ0n) is 18.3. The van der Waals surface area contributed by atoms with Crippen LogP contribution in [0.1, 0.15) is 54.2 Å². The summed E-state index contributed by atoms with van der Waals surface area (Å²) in [6.07, 6.45) is 4.98. The van der Waals surface area contributed by atoms with E-state index in [9.17, 15) is 10.1 Å². The molecule has 0 fully saturated rings. The van der Waals surface area contributed by atoms with Gasteiger partial charge in [-0.2, -0.15) is 0 Å². The van der Waals surface area contributed by atoms with Crippen molar-refractivity contribution in [1.82, 2.24) is 0 Å². The first kappa shape index (κ1) is 23.6. The van der Waals surface area contributed by atoms with Crippen molar-refractivity contribution in [1.29, 1.82) is 0 Å². The minimum Gasteiger partial charge on any atom is -1.00 e. The third-order valence-corrected chi connectivity index (χ3v) is 5.42. The summed E-state index contributed by atoms with van der Waals surface area (Å²) in [4.78, 5) is 10.4. The molecule has 0 spiro atoms. The van der Waals surface area contributed by atoms with Crippen molar-refractivity contribution >= 4 is 5.69 Å². The summed E-state index contributed by atoms with van der Waals surface area (Å²) in [5.74, 6) is 0. The van der Waals surface area contributed by atoms with Crippen LogP contribution in [0.2, 0.25) is 0 Å². The first-order valence-electron chi connectivity index (χ1n) is 9.95. The Kier molecular flexibility index (Phi) is 7.38. The van der Waals surface area contributed by atoms with Gasteiger partial charge in [-0.05, 0) is 53.5 Å². The second-order valence-electron chi connectivity index (χ2n) is 8.82. The Morgan fingerprint density at radius 1 is 0.900 bits per heavy atom. The zero-order chi connectivity index (χ0) is 21.2. The molecule has 5 heteroatoms. The molecule has 1 heterocycles. The third kappa shape index (κ3) is 5.67. The molecule has 0 aliphatic heterocycles. The molecular weight excluding hydrogens is 396 g/mol. The molecule has 2 aromatic carbocycles. The predicted molar refractivity (Wildman–Crippen MR) is 116 cm³/mol. The lowest BCUT2D eigenvalue weighted by molar-refractivity contribution is -0.688. The van der Waals surface area contributed by atoms with Gasteiger partial charge in [0, 0.05) is 29.8 Å². The molecule has 1 aromatic heterocycles. The average Bonchev–Trinajstić information content (AvgIpc) is 2.65. The van der Waals surface area contributed by atoms with E-state index < -0.39 is 0 Å². The van der Waals surface area contributed by atoms with Crippen molar-refractivity contribution in [3.63, 3.8) is 0 Å². The van der Waals surface area contributed by atoms with Crippen LogP contribution in [0.15, 0.2) is 60.9 Å². The molecule has 0 unspecified atom stereocenters. The van der Waals surface area contributed by atoms with Gasteiger partial charge < -0.3 is 12.4 Å². The number of aryl methyl sites for hydroxylation is 2. The monoisotopic (exact) mass is 424 g/mol. The summed E-state index contributed by atoms with van der Waals surface area (Å²) in [5, 5.41) is 10.8. The molecule has 3 rings (SSSR count). The van der Waals surface area contributed by atoms with Crippen LogP contribution in [-0.4, -0.2) is 4.92 Å². The number of pyridine rings is 1. The van der Waals surface area contributed by atoms with Gasteiger partial charge in [0.1, 0.15) is 0 Å². The van der Waals surface area contributed by atoms with Crippen LogP contribution in [0.4, 0.5) is 5.69 Å². The number of non-ortho nitro benzene ring substituents is 1. The molecule has 3 aromatic rings. The van der Waals surface area contributed by atoms with Gasteiger partial charge in [-0.15, -0.1) is 0 Å². The number of halogens is 1.